The van der Waals surface area contributed by atoms with Gasteiger partial charge in [-0.05, 0) is 25.0 Å². The number of hydrogen-bond donors (Lipinski definition) is 1. The number of carbonyl (C=O) groups is 1. The Labute approximate surface area is 102 Å². The largest absolute Gasteiger partial charge is 0.483 e. The SMILES string of the molecule is Cc1ccc(-c2cccc(C)c2)cc1.O=CO. The summed E-state index contributed by atoms with van der Waals surface area (Å²) in [5, 5.41) is 6.89. The van der Waals surface area contributed by atoms with Gasteiger partial charge in [-0.1, -0.05) is 59.7 Å². The van der Waals surface area contributed by atoms with E-state index in [-0.39, 0.29) is 6.47 Å². The maximum absolute atomic E-state index is 8.36. The first-order valence-electron chi connectivity index (χ1n) is 5.39. The van der Waals surface area contributed by atoms with Gasteiger partial charge >= 0.3 is 0 Å². The second-order valence-electron chi connectivity index (χ2n) is 3.84. The van der Waals surface area contributed by atoms with Gasteiger partial charge in [-0.2, -0.15) is 0 Å². The lowest BCUT2D eigenvalue weighted by atomic mass is 10.0. The van der Waals surface area contributed by atoms with Crippen molar-refractivity contribution in [1.29, 1.82) is 0 Å². The first-order chi connectivity index (χ1) is 8.17. The van der Waals surface area contributed by atoms with Crippen LogP contribution < -0.4 is 0 Å². The van der Waals surface area contributed by atoms with E-state index < -0.39 is 0 Å². The van der Waals surface area contributed by atoms with Gasteiger partial charge in [-0.25, -0.2) is 0 Å². The highest BCUT2D eigenvalue weighted by atomic mass is 16.3. The van der Waals surface area contributed by atoms with Crippen LogP contribution in [0.4, 0.5) is 0 Å². The van der Waals surface area contributed by atoms with Gasteiger partial charge in [0.05, 0.1) is 0 Å². The van der Waals surface area contributed by atoms with Crippen LogP contribution in [0.3, 0.4) is 0 Å². The number of aryl methyl sites for hydroxylation is 2. The lowest BCUT2D eigenvalue weighted by Crippen LogP contribution is -1.79. The van der Waals surface area contributed by atoms with Crippen LogP contribution in [-0.4, -0.2) is 11.6 Å². The molecule has 0 unspecified atom stereocenters. The Morgan fingerprint density at radius 3 is 2.00 bits per heavy atom. The molecule has 0 aliphatic heterocycles. The van der Waals surface area contributed by atoms with Gasteiger partial charge in [-0.3, -0.25) is 4.79 Å². The molecule has 0 aliphatic rings. The van der Waals surface area contributed by atoms with Crippen LogP contribution in [0, 0.1) is 13.8 Å². The molecule has 0 atom stereocenters. The topological polar surface area (TPSA) is 37.3 Å². The van der Waals surface area contributed by atoms with Gasteiger partial charge in [0, 0.05) is 0 Å². The van der Waals surface area contributed by atoms with Crippen LogP contribution in [0.15, 0.2) is 48.5 Å². The molecular formula is C15H16O2. The van der Waals surface area contributed by atoms with Crippen LogP contribution in [0.5, 0.6) is 0 Å². The molecule has 0 radical (unpaired) electrons. The fourth-order valence-electron chi connectivity index (χ4n) is 1.57. The van der Waals surface area contributed by atoms with Gasteiger partial charge in [0.15, 0.2) is 0 Å². The van der Waals surface area contributed by atoms with Crippen molar-refractivity contribution in [2.24, 2.45) is 0 Å². The van der Waals surface area contributed by atoms with Crippen molar-refractivity contribution in [3.63, 3.8) is 0 Å². The number of rotatable bonds is 1. The average molecular weight is 228 g/mol. The summed E-state index contributed by atoms with van der Waals surface area (Å²) in [6.45, 7) is 3.98. The summed E-state index contributed by atoms with van der Waals surface area (Å²) in [7, 11) is 0. The minimum atomic E-state index is -0.250. The second kappa shape index (κ2) is 6.48. The van der Waals surface area contributed by atoms with Crippen molar-refractivity contribution in [3.05, 3.63) is 59.7 Å². The Balaban J connectivity index is 0.000000437. The number of hydrogen-bond acceptors (Lipinski definition) is 1. The average Bonchev–Trinajstić information content (AvgIpc) is 2.31. The standard InChI is InChI=1S/C14H14.CH2O2/c1-11-6-8-13(9-7-11)14-5-3-4-12(2)10-14;2-1-3/h3-10H,1-2H3;1H,(H,2,3). The van der Waals surface area contributed by atoms with Gasteiger partial charge in [0.25, 0.3) is 6.47 Å². The van der Waals surface area contributed by atoms with Crippen LogP contribution >= 0.6 is 0 Å². The Kier molecular flexibility index (Phi) is 4.95. The molecule has 1 N–H and O–H groups in total. The molecule has 88 valence electrons. The maximum atomic E-state index is 8.36. The van der Waals surface area contributed by atoms with Crippen LogP contribution in [0.2, 0.25) is 0 Å². The molecule has 0 saturated carbocycles. The number of benzene rings is 2. The zero-order valence-corrected chi connectivity index (χ0v) is 10.1. The second-order valence-corrected chi connectivity index (χ2v) is 3.84. The van der Waals surface area contributed by atoms with E-state index in [1.54, 1.807) is 0 Å². The molecular weight excluding hydrogens is 212 g/mol. The summed E-state index contributed by atoms with van der Waals surface area (Å²) >= 11 is 0. The minimum Gasteiger partial charge on any atom is -0.483 e. The van der Waals surface area contributed by atoms with Crippen molar-refractivity contribution >= 4 is 6.47 Å². The molecule has 0 fully saturated rings. The summed E-state index contributed by atoms with van der Waals surface area (Å²) in [4.78, 5) is 8.36. The fraction of sp³-hybridized carbons (Fsp3) is 0.133. The summed E-state index contributed by atoms with van der Waals surface area (Å²) in [6, 6.07) is 17.2. The molecule has 17 heavy (non-hydrogen) atoms. The molecule has 0 bridgehead atoms. The summed E-state index contributed by atoms with van der Waals surface area (Å²) in [5.41, 5.74) is 5.20. The first kappa shape index (κ1) is 13.0. The zero-order valence-electron chi connectivity index (χ0n) is 10.1. The molecule has 2 nitrogen and oxygen atoms in total. The van der Waals surface area contributed by atoms with E-state index in [9.17, 15) is 0 Å². The van der Waals surface area contributed by atoms with E-state index in [0.717, 1.165) is 0 Å². The minimum absolute atomic E-state index is 0.250. The molecule has 0 heterocycles. The first-order valence-corrected chi connectivity index (χ1v) is 5.39. The molecule has 0 aliphatic carbocycles. The van der Waals surface area contributed by atoms with Crippen LogP contribution in [0.1, 0.15) is 11.1 Å². The fourth-order valence-corrected chi connectivity index (χ4v) is 1.57. The normalized spacial score (nSPS) is 9.06. The van der Waals surface area contributed by atoms with Crippen molar-refractivity contribution in [2.45, 2.75) is 13.8 Å². The molecule has 0 spiro atoms. The highest BCUT2D eigenvalue weighted by Crippen LogP contribution is 2.20. The third-order valence-corrected chi connectivity index (χ3v) is 2.40. The predicted molar refractivity (Wildman–Crippen MR) is 70.0 cm³/mol. The van der Waals surface area contributed by atoms with Gasteiger partial charge in [-0.15, -0.1) is 0 Å². The van der Waals surface area contributed by atoms with E-state index in [1.807, 2.05) is 0 Å². The Hall–Kier alpha value is -2.09. The van der Waals surface area contributed by atoms with Crippen molar-refractivity contribution in [3.8, 4) is 11.1 Å². The van der Waals surface area contributed by atoms with Gasteiger partial charge in [0.1, 0.15) is 0 Å². The molecule has 2 heteroatoms. The molecule has 0 aromatic heterocycles. The maximum Gasteiger partial charge on any atom is 0.290 e. The van der Waals surface area contributed by atoms with E-state index in [4.69, 9.17) is 9.90 Å². The molecule has 2 aromatic carbocycles. The summed E-state index contributed by atoms with van der Waals surface area (Å²) < 4.78 is 0. The Bertz CT molecular complexity index is 473. The molecule has 2 aromatic rings. The highest BCUT2D eigenvalue weighted by molar-refractivity contribution is 5.64. The van der Waals surface area contributed by atoms with Crippen molar-refractivity contribution in [1.82, 2.24) is 0 Å². The van der Waals surface area contributed by atoms with E-state index in [2.05, 4.69) is 62.4 Å². The zero-order chi connectivity index (χ0) is 12.7. The molecule has 0 amide bonds. The van der Waals surface area contributed by atoms with Crippen LogP contribution in [0.25, 0.3) is 11.1 Å². The third kappa shape index (κ3) is 4.11. The predicted octanol–water partition coefficient (Wildman–Crippen LogP) is 3.67. The van der Waals surface area contributed by atoms with E-state index >= 15 is 0 Å². The smallest absolute Gasteiger partial charge is 0.290 e. The van der Waals surface area contributed by atoms with E-state index in [0.29, 0.717) is 0 Å². The van der Waals surface area contributed by atoms with Crippen LogP contribution in [-0.2, 0) is 4.79 Å². The quantitative estimate of drug-likeness (QED) is 0.756. The lowest BCUT2D eigenvalue weighted by Gasteiger charge is -2.02. The van der Waals surface area contributed by atoms with Crippen molar-refractivity contribution in [2.75, 3.05) is 0 Å². The van der Waals surface area contributed by atoms with Crippen molar-refractivity contribution < 1.29 is 9.90 Å². The van der Waals surface area contributed by atoms with Gasteiger partial charge in [0.2, 0.25) is 0 Å². The Morgan fingerprint density at radius 2 is 1.47 bits per heavy atom. The monoisotopic (exact) mass is 228 g/mol. The molecule has 0 saturated heterocycles. The highest BCUT2D eigenvalue weighted by Gasteiger charge is 1.96. The summed E-state index contributed by atoms with van der Waals surface area (Å²) in [6.07, 6.45) is 0. The third-order valence-electron chi connectivity index (χ3n) is 2.40. The van der Waals surface area contributed by atoms with E-state index in [1.165, 1.54) is 22.3 Å². The number of carboxylic acid groups (broad SMARTS) is 1. The van der Waals surface area contributed by atoms with Gasteiger partial charge < -0.3 is 5.11 Å². The summed E-state index contributed by atoms with van der Waals surface area (Å²) in [5.74, 6) is 0. The Morgan fingerprint density at radius 1 is 0.882 bits per heavy atom. The lowest BCUT2D eigenvalue weighted by molar-refractivity contribution is -0.122. The molecule has 2 rings (SSSR count).